The number of sulfonamides is 1. The number of hydrogen-bond acceptors (Lipinski definition) is 5. The Morgan fingerprint density at radius 1 is 1.50 bits per heavy atom. The minimum atomic E-state index is -4.28. The topological polar surface area (TPSA) is 127 Å². The van der Waals surface area contributed by atoms with Crippen molar-refractivity contribution in [2.45, 2.75) is 24.8 Å². The summed E-state index contributed by atoms with van der Waals surface area (Å²) in [5.41, 5.74) is -0.250. The van der Waals surface area contributed by atoms with Crippen LogP contribution in [0.15, 0.2) is 17.0 Å². The van der Waals surface area contributed by atoms with Crippen molar-refractivity contribution in [2.24, 2.45) is 0 Å². The molecule has 110 valence electrons. The Morgan fingerprint density at radius 2 is 2.05 bits per heavy atom. The molecule has 0 unspecified atom stereocenters. The molecule has 1 atom stereocenters. The summed E-state index contributed by atoms with van der Waals surface area (Å²) in [6, 6.07) is 0.865. The highest BCUT2D eigenvalue weighted by atomic mass is 35.5. The van der Waals surface area contributed by atoms with E-state index in [0.29, 0.717) is 5.56 Å². The van der Waals surface area contributed by atoms with Crippen molar-refractivity contribution < 1.29 is 23.2 Å². The Hall–Kier alpha value is -1.71. The van der Waals surface area contributed by atoms with E-state index < -0.39 is 42.6 Å². The fourth-order valence-corrected chi connectivity index (χ4v) is 3.25. The van der Waals surface area contributed by atoms with Gasteiger partial charge in [0, 0.05) is 6.07 Å². The SMILES string of the molecule is Cc1cc([N+](=O)[O-])c(Cl)c(S(=O)(=O)N[C@H](C)C(=O)O)c1. The smallest absolute Gasteiger partial charge is 0.321 e. The third-order valence-electron chi connectivity index (χ3n) is 2.35. The Bertz CT molecular complexity index is 673. The monoisotopic (exact) mass is 322 g/mol. The van der Waals surface area contributed by atoms with Crippen LogP contribution in [0.5, 0.6) is 0 Å². The summed E-state index contributed by atoms with van der Waals surface area (Å²) in [6.45, 7) is 2.58. The maximum atomic E-state index is 12.0. The fourth-order valence-electron chi connectivity index (χ4n) is 1.39. The second-order valence-corrected chi connectivity index (χ2v) is 6.09. The molecule has 0 aliphatic rings. The van der Waals surface area contributed by atoms with Gasteiger partial charge in [-0.1, -0.05) is 11.6 Å². The summed E-state index contributed by atoms with van der Waals surface area (Å²) in [7, 11) is -4.28. The third kappa shape index (κ3) is 3.44. The number of aryl methyl sites for hydroxylation is 1. The molecule has 0 saturated carbocycles. The number of nitrogens with one attached hydrogen (secondary N) is 1. The van der Waals surface area contributed by atoms with E-state index in [9.17, 15) is 23.3 Å². The van der Waals surface area contributed by atoms with Crippen molar-refractivity contribution in [3.63, 3.8) is 0 Å². The fraction of sp³-hybridized carbons (Fsp3) is 0.300. The highest BCUT2D eigenvalue weighted by Gasteiger charge is 2.28. The van der Waals surface area contributed by atoms with Gasteiger partial charge in [-0.3, -0.25) is 14.9 Å². The number of carboxylic acid groups (broad SMARTS) is 1. The molecule has 2 N–H and O–H groups in total. The van der Waals surface area contributed by atoms with Gasteiger partial charge >= 0.3 is 5.97 Å². The van der Waals surface area contributed by atoms with Gasteiger partial charge in [-0.05, 0) is 25.5 Å². The maximum absolute atomic E-state index is 12.0. The molecule has 10 heteroatoms. The van der Waals surface area contributed by atoms with Gasteiger partial charge in [0.15, 0.2) is 0 Å². The van der Waals surface area contributed by atoms with Crippen LogP contribution in [-0.4, -0.2) is 30.5 Å². The number of carbonyl (C=O) groups is 1. The van der Waals surface area contributed by atoms with E-state index in [1.165, 1.54) is 6.92 Å². The van der Waals surface area contributed by atoms with E-state index in [1.54, 1.807) is 0 Å². The number of hydrogen-bond donors (Lipinski definition) is 2. The van der Waals surface area contributed by atoms with Crippen LogP contribution in [-0.2, 0) is 14.8 Å². The van der Waals surface area contributed by atoms with Crippen molar-refractivity contribution >= 4 is 33.3 Å². The molecule has 0 spiro atoms. The predicted molar refractivity (Wildman–Crippen MR) is 70.3 cm³/mol. The molecule has 1 aromatic carbocycles. The van der Waals surface area contributed by atoms with Crippen LogP contribution in [0.2, 0.25) is 5.02 Å². The van der Waals surface area contributed by atoms with E-state index >= 15 is 0 Å². The zero-order valence-corrected chi connectivity index (χ0v) is 12.0. The number of nitro benzene ring substituents is 1. The number of carboxylic acids is 1. The number of rotatable bonds is 5. The molecular formula is C10H11ClN2O6S. The summed E-state index contributed by atoms with van der Waals surface area (Å²) in [4.78, 5) is 20.1. The first kappa shape index (κ1) is 16.3. The summed E-state index contributed by atoms with van der Waals surface area (Å²) in [5, 5.41) is 18.9. The highest BCUT2D eigenvalue weighted by molar-refractivity contribution is 7.89. The van der Waals surface area contributed by atoms with Gasteiger partial charge in [0.2, 0.25) is 10.0 Å². The van der Waals surface area contributed by atoms with Gasteiger partial charge < -0.3 is 5.11 Å². The van der Waals surface area contributed by atoms with Crippen LogP contribution in [0.25, 0.3) is 0 Å². The van der Waals surface area contributed by atoms with Crippen LogP contribution in [0.1, 0.15) is 12.5 Å². The third-order valence-corrected chi connectivity index (χ3v) is 4.43. The van der Waals surface area contributed by atoms with Crippen molar-refractivity contribution in [1.29, 1.82) is 0 Å². The van der Waals surface area contributed by atoms with Crippen LogP contribution in [0.4, 0.5) is 5.69 Å². The highest BCUT2D eigenvalue weighted by Crippen LogP contribution is 2.32. The van der Waals surface area contributed by atoms with E-state index in [1.807, 2.05) is 4.72 Å². The molecule has 0 aliphatic heterocycles. The number of nitrogens with zero attached hydrogens (tertiary/aromatic N) is 1. The normalized spacial score (nSPS) is 12.9. The molecule has 0 heterocycles. The first-order valence-electron chi connectivity index (χ1n) is 5.26. The predicted octanol–water partition coefficient (Wildman–Crippen LogP) is 1.31. The van der Waals surface area contributed by atoms with E-state index in [0.717, 1.165) is 19.1 Å². The lowest BCUT2D eigenvalue weighted by atomic mass is 10.2. The maximum Gasteiger partial charge on any atom is 0.321 e. The first-order chi connectivity index (χ1) is 9.06. The van der Waals surface area contributed by atoms with E-state index in [4.69, 9.17) is 16.7 Å². The van der Waals surface area contributed by atoms with Gasteiger partial charge in [-0.15, -0.1) is 0 Å². The van der Waals surface area contributed by atoms with Crippen molar-refractivity contribution in [2.75, 3.05) is 0 Å². The number of aliphatic carboxylic acids is 1. The largest absolute Gasteiger partial charge is 0.480 e. The molecular weight excluding hydrogens is 312 g/mol. The Balaban J connectivity index is 3.39. The lowest BCUT2D eigenvalue weighted by Crippen LogP contribution is -2.38. The minimum absolute atomic E-state index is 0.310. The van der Waals surface area contributed by atoms with Crippen LogP contribution in [0.3, 0.4) is 0 Å². The average Bonchev–Trinajstić information content (AvgIpc) is 2.30. The van der Waals surface area contributed by atoms with Gasteiger partial charge in [0.05, 0.1) is 4.92 Å². The Morgan fingerprint density at radius 3 is 2.50 bits per heavy atom. The number of halogens is 1. The molecule has 0 amide bonds. The average molecular weight is 323 g/mol. The van der Waals surface area contributed by atoms with Crippen molar-refractivity contribution in [1.82, 2.24) is 4.72 Å². The molecule has 8 nitrogen and oxygen atoms in total. The zero-order chi connectivity index (χ0) is 15.7. The summed E-state index contributed by atoms with van der Waals surface area (Å²) < 4.78 is 25.9. The standard InChI is InChI=1S/C10H11ClN2O6S/c1-5-3-7(13(16)17)9(11)8(4-5)20(18,19)12-6(2)10(14)15/h3-4,6,12H,1-2H3,(H,14,15)/t6-/m1/s1. The van der Waals surface area contributed by atoms with Gasteiger partial charge in [-0.2, -0.15) is 4.72 Å². The summed E-state index contributed by atoms with van der Waals surface area (Å²) >= 11 is 5.72. The second-order valence-electron chi connectivity index (χ2n) is 4.03. The van der Waals surface area contributed by atoms with Crippen molar-refractivity contribution in [3.8, 4) is 0 Å². The summed E-state index contributed by atoms with van der Waals surface area (Å²) in [5.74, 6) is -1.38. The molecule has 0 saturated heterocycles. The van der Waals surface area contributed by atoms with Crippen LogP contribution in [0, 0.1) is 17.0 Å². The quantitative estimate of drug-likeness (QED) is 0.621. The van der Waals surface area contributed by atoms with E-state index in [2.05, 4.69) is 0 Å². The number of benzene rings is 1. The molecule has 0 fully saturated rings. The number of nitro groups is 1. The van der Waals surface area contributed by atoms with Gasteiger partial charge in [0.25, 0.3) is 5.69 Å². The minimum Gasteiger partial charge on any atom is -0.480 e. The zero-order valence-electron chi connectivity index (χ0n) is 10.5. The molecule has 1 aromatic rings. The molecule has 0 aromatic heterocycles. The lowest BCUT2D eigenvalue weighted by Gasteiger charge is -2.12. The van der Waals surface area contributed by atoms with E-state index in [-0.39, 0.29) is 0 Å². The van der Waals surface area contributed by atoms with Gasteiger partial charge in [0.1, 0.15) is 16.0 Å². The molecule has 20 heavy (non-hydrogen) atoms. The lowest BCUT2D eigenvalue weighted by molar-refractivity contribution is -0.385. The van der Waals surface area contributed by atoms with Gasteiger partial charge in [-0.25, -0.2) is 8.42 Å². The van der Waals surface area contributed by atoms with Crippen LogP contribution < -0.4 is 4.72 Å². The molecule has 1 rings (SSSR count). The Kier molecular flexibility index (Phi) is 4.69. The molecule has 0 bridgehead atoms. The molecule has 0 radical (unpaired) electrons. The molecule has 0 aliphatic carbocycles. The van der Waals surface area contributed by atoms with Crippen molar-refractivity contribution in [3.05, 3.63) is 32.8 Å². The van der Waals surface area contributed by atoms with Crippen LogP contribution >= 0.6 is 11.6 Å². The second kappa shape index (κ2) is 5.73. The summed E-state index contributed by atoms with van der Waals surface area (Å²) in [6.07, 6.45) is 0. The first-order valence-corrected chi connectivity index (χ1v) is 7.12. The Labute approximate surface area is 119 Å².